The zero-order valence-electron chi connectivity index (χ0n) is 13.5. The van der Waals surface area contributed by atoms with E-state index in [0.29, 0.717) is 43.2 Å². The Kier molecular flexibility index (Phi) is 4.90. The van der Waals surface area contributed by atoms with Crippen molar-refractivity contribution in [3.63, 3.8) is 0 Å². The monoisotopic (exact) mass is 306 g/mol. The van der Waals surface area contributed by atoms with E-state index in [1.165, 1.54) is 0 Å². The molecule has 2 rings (SSSR count). The Morgan fingerprint density at radius 2 is 1.50 bits per heavy atom. The van der Waals surface area contributed by atoms with Crippen molar-refractivity contribution in [2.75, 3.05) is 40.4 Å². The highest BCUT2D eigenvalue weighted by molar-refractivity contribution is 5.97. The van der Waals surface area contributed by atoms with Crippen molar-refractivity contribution in [1.82, 2.24) is 9.80 Å². The van der Waals surface area contributed by atoms with Crippen LogP contribution in [0.25, 0.3) is 0 Å². The summed E-state index contributed by atoms with van der Waals surface area (Å²) in [6, 6.07) is 3.52. The van der Waals surface area contributed by atoms with Gasteiger partial charge in [-0.3, -0.25) is 9.59 Å². The molecule has 0 bridgehead atoms. The number of ether oxygens (including phenoxy) is 2. The second-order valence-corrected chi connectivity index (χ2v) is 5.32. The molecule has 1 aliphatic heterocycles. The van der Waals surface area contributed by atoms with Crippen molar-refractivity contribution in [2.24, 2.45) is 0 Å². The number of hydrogen-bond acceptors (Lipinski definition) is 4. The minimum absolute atomic E-state index is 0.0432. The number of nitrogens with zero attached hydrogens (tertiary/aromatic N) is 2. The van der Waals surface area contributed by atoms with Gasteiger partial charge in [0.25, 0.3) is 5.91 Å². The Balaban J connectivity index is 2.21. The summed E-state index contributed by atoms with van der Waals surface area (Å²) >= 11 is 0. The van der Waals surface area contributed by atoms with Crippen LogP contribution in [0.4, 0.5) is 0 Å². The van der Waals surface area contributed by atoms with Gasteiger partial charge in [0, 0.05) is 33.1 Å². The molecule has 0 aromatic heterocycles. The summed E-state index contributed by atoms with van der Waals surface area (Å²) in [4.78, 5) is 27.6. The van der Waals surface area contributed by atoms with E-state index in [0.717, 1.165) is 5.56 Å². The zero-order chi connectivity index (χ0) is 16.3. The molecule has 1 aliphatic rings. The Morgan fingerprint density at radius 3 is 2.00 bits per heavy atom. The van der Waals surface area contributed by atoms with Gasteiger partial charge in [0.05, 0.1) is 19.8 Å². The average Bonchev–Trinajstić information content (AvgIpc) is 2.53. The highest BCUT2D eigenvalue weighted by atomic mass is 16.5. The van der Waals surface area contributed by atoms with Crippen LogP contribution in [-0.2, 0) is 4.79 Å². The summed E-state index contributed by atoms with van der Waals surface area (Å²) in [6.45, 7) is 5.63. The summed E-state index contributed by atoms with van der Waals surface area (Å²) in [7, 11) is 3.13. The molecule has 0 atom stereocenters. The van der Waals surface area contributed by atoms with E-state index in [1.54, 1.807) is 43.1 Å². The first-order chi connectivity index (χ1) is 10.5. The second-order valence-electron chi connectivity index (χ2n) is 5.32. The van der Waals surface area contributed by atoms with E-state index in [-0.39, 0.29) is 11.8 Å². The van der Waals surface area contributed by atoms with Crippen molar-refractivity contribution in [2.45, 2.75) is 13.8 Å². The molecular formula is C16H22N2O4. The van der Waals surface area contributed by atoms with Crippen LogP contribution in [-0.4, -0.2) is 62.0 Å². The minimum atomic E-state index is -0.0987. The van der Waals surface area contributed by atoms with Gasteiger partial charge in [0.2, 0.25) is 5.91 Å². The molecule has 1 fully saturated rings. The molecule has 1 heterocycles. The largest absolute Gasteiger partial charge is 0.496 e. The summed E-state index contributed by atoms with van der Waals surface area (Å²) in [6.07, 6.45) is 0. The molecule has 1 saturated heterocycles. The molecule has 0 N–H and O–H groups in total. The SMILES string of the molecule is COc1cc(C(=O)N2CCN(C(C)=O)CC2)c(OC)cc1C. The van der Waals surface area contributed by atoms with Gasteiger partial charge in [-0.1, -0.05) is 0 Å². The van der Waals surface area contributed by atoms with Crippen molar-refractivity contribution in [1.29, 1.82) is 0 Å². The number of rotatable bonds is 3. The fraction of sp³-hybridized carbons (Fsp3) is 0.500. The van der Waals surface area contributed by atoms with Gasteiger partial charge < -0.3 is 19.3 Å². The summed E-state index contributed by atoms with van der Waals surface area (Å²) in [5.41, 5.74) is 1.40. The van der Waals surface area contributed by atoms with Crippen LogP contribution < -0.4 is 9.47 Å². The van der Waals surface area contributed by atoms with Gasteiger partial charge >= 0.3 is 0 Å². The normalized spacial score (nSPS) is 14.7. The maximum Gasteiger partial charge on any atom is 0.257 e. The van der Waals surface area contributed by atoms with Crippen LogP contribution >= 0.6 is 0 Å². The molecule has 1 aromatic rings. The summed E-state index contributed by atoms with van der Waals surface area (Å²) < 4.78 is 10.6. The lowest BCUT2D eigenvalue weighted by molar-refractivity contribution is -0.130. The van der Waals surface area contributed by atoms with Crippen LogP contribution in [0, 0.1) is 6.92 Å². The van der Waals surface area contributed by atoms with Crippen LogP contribution in [0.5, 0.6) is 11.5 Å². The Morgan fingerprint density at radius 1 is 0.955 bits per heavy atom. The first kappa shape index (κ1) is 16.1. The van der Waals surface area contributed by atoms with Crippen molar-refractivity contribution in [3.05, 3.63) is 23.3 Å². The maximum absolute atomic E-state index is 12.7. The smallest absolute Gasteiger partial charge is 0.257 e. The van der Waals surface area contributed by atoms with E-state index in [9.17, 15) is 9.59 Å². The van der Waals surface area contributed by atoms with Crippen molar-refractivity contribution >= 4 is 11.8 Å². The lowest BCUT2D eigenvalue weighted by atomic mass is 10.1. The molecule has 6 nitrogen and oxygen atoms in total. The number of amides is 2. The third-order valence-corrected chi connectivity index (χ3v) is 3.96. The van der Waals surface area contributed by atoms with E-state index < -0.39 is 0 Å². The lowest BCUT2D eigenvalue weighted by Gasteiger charge is -2.34. The second kappa shape index (κ2) is 6.68. The fourth-order valence-electron chi connectivity index (χ4n) is 2.61. The topological polar surface area (TPSA) is 59.1 Å². The minimum Gasteiger partial charge on any atom is -0.496 e. The van der Waals surface area contributed by atoms with Crippen LogP contribution in [0.1, 0.15) is 22.8 Å². The number of hydrogen-bond donors (Lipinski definition) is 0. The first-order valence-corrected chi connectivity index (χ1v) is 7.25. The first-order valence-electron chi connectivity index (χ1n) is 7.25. The third kappa shape index (κ3) is 3.16. The van der Waals surface area contributed by atoms with Crippen LogP contribution in [0.2, 0.25) is 0 Å². The molecule has 120 valence electrons. The number of piperazine rings is 1. The number of aryl methyl sites for hydroxylation is 1. The maximum atomic E-state index is 12.7. The van der Waals surface area contributed by atoms with E-state index in [2.05, 4.69) is 0 Å². The van der Waals surface area contributed by atoms with Crippen molar-refractivity contribution in [3.8, 4) is 11.5 Å². The standard InChI is InChI=1S/C16H22N2O4/c1-11-9-15(22-4)13(10-14(11)21-3)16(20)18-7-5-17(6-8-18)12(2)19/h9-10H,5-8H2,1-4H3. The highest BCUT2D eigenvalue weighted by Gasteiger charge is 2.26. The molecule has 22 heavy (non-hydrogen) atoms. The lowest BCUT2D eigenvalue weighted by Crippen LogP contribution is -2.50. The predicted octanol–water partition coefficient (Wildman–Crippen LogP) is 1.32. The van der Waals surface area contributed by atoms with Gasteiger partial charge in [0.15, 0.2) is 0 Å². The number of benzene rings is 1. The van der Waals surface area contributed by atoms with Crippen molar-refractivity contribution < 1.29 is 19.1 Å². The number of carbonyl (C=O) groups excluding carboxylic acids is 2. The molecule has 2 amide bonds. The molecule has 0 unspecified atom stereocenters. The third-order valence-electron chi connectivity index (χ3n) is 3.96. The molecule has 0 saturated carbocycles. The average molecular weight is 306 g/mol. The van der Waals surface area contributed by atoms with E-state index in [1.807, 2.05) is 6.92 Å². The van der Waals surface area contributed by atoms with Crippen LogP contribution in [0.3, 0.4) is 0 Å². The Hall–Kier alpha value is -2.24. The Bertz CT molecular complexity index is 578. The zero-order valence-corrected chi connectivity index (χ0v) is 13.5. The number of methoxy groups -OCH3 is 2. The van der Waals surface area contributed by atoms with Gasteiger partial charge in [-0.15, -0.1) is 0 Å². The molecule has 1 aromatic carbocycles. The predicted molar refractivity (Wildman–Crippen MR) is 82.4 cm³/mol. The summed E-state index contributed by atoms with van der Waals surface area (Å²) in [5, 5.41) is 0. The van der Waals surface area contributed by atoms with Gasteiger partial charge in [-0.05, 0) is 24.6 Å². The van der Waals surface area contributed by atoms with Crippen LogP contribution in [0.15, 0.2) is 12.1 Å². The van der Waals surface area contributed by atoms with E-state index in [4.69, 9.17) is 9.47 Å². The quantitative estimate of drug-likeness (QED) is 0.845. The summed E-state index contributed by atoms with van der Waals surface area (Å²) in [5.74, 6) is 1.14. The molecule has 0 aliphatic carbocycles. The van der Waals surface area contributed by atoms with Gasteiger partial charge in [-0.2, -0.15) is 0 Å². The van der Waals surface area contributed by atoms with Gasteiger partial charge in [-0.25, -0.2) is 0 Å². The molecular weight excluding hydrogens is 284 g/mol. The highest BCUT2D eigenvalue weighted by Crippen LogP contribution is 2.29. The van der Waals surface area contributed by atoms with Gasteiger partial charge in [0.1, 0.15) is 11.5 Å². The molecule has 0 spiro atoms. The Labute approximate surface area is 130 Å². The fourth-order valence-corrected chi connectivity index (χ4v) is 2.61. The molecule has 0 radical (unpaired) electrons. The van der Waals surface area contributed by atoms with E-state index >= 15 is 0 Å². The molecule has 6 heteroatoms. The number of carbonyl (C=O) groups is 2.